The molecule has 1 N–H and O–H groups in total. The Morgan fingerprint density at radius 2 is 2.00 bits per heavy atom. The molecule has 0 aromatic carbocycles. The van der Waals surface area contributed by atoms with Gasteiger partial charge in [0.05, 0.1) is 6.07 Å². The first-order valence-corrected chi connectivity index (χ1v) is 6.35. The standard InChI is InChI=1S/C13H27N3/c1-6-8-15-13(4,11-14)10-12(3)16(5)9-7-2/h12,15H,6-10H2,1-5H3. The summed E-state index contributed by atoms with van der Waals surface area (Å²) in [7, 11) is 2.13. The molecule has 0 heterocycles. The predicted octanol–water partition coefficient (Wildman–Crippen LogP) is 2.39. The third-order valence-corrected chi connectivity index (χ3v) is 3.04. The van der Waals surface area contributed by atoms with E-state index in [0.717, 1.165) is 32.4 Å². The number of hydrogen-bond acceptors (Lipinski definition) is 3. The summed E-state index contributed by atoms with van der Waals surface area (Å²) in [6, 6.07) is 2.84. The molecule has 3 heteroatoms. The van der Waals surface area contributed by atoms with Crippen molar-refractivity contribution in [3.8, 4) is 6.07 Å². The summed E-state index contributed by atoms with van der Waals surface area (Å²) in [5.41, 5.74) is -0.391. The molecule has 0 aromatic heterocycles. The Labute approximate surface area is 101 Å². The Morgan fingerprint density at radius 3 is 2.44 bits per heavy atom. The lowest BCUT2D eigenvalue weighted by atomic mass is 9.94. The summed E-state index contributed by atoms with van der Waals surface area (Å²) in [4.78, 5) is 2.32. The van der Waals surface area contributed by atoms with E-state index in [1.165, 1.54) is 0 Å². The maximum atomic E-state index is 9.24. The highest BCUT2D eigenvalue weighted by Gasteiger charge is 2.26. The molecule has 0 radical (unpaired) electrons. The van der Waals surface area contributed by atoms with Gasteiger partial charge in [0.2, 0.25) is 0 Å². The first kappa shape index (κ1) is 15.4. The van der Waals surface area contributed by atoms with Crippen LogP contribution in [0.3, 0.4) is 0 Å². The number of hydrogen-bond donors (Lipinski definition) is 1. The molecular formula is C13H27N3. The van der Waals surface area contributed by atoms with Crippen LogP contribution in [-0.2, 0) is 0 Å². The summed E-state index contributed by atoms with van der Waals surface area (Å²) in [5, 5.41) is 12.6. The average Bonchev–Trinajstić information content (AvgIpc) is 2.26. The van der Waals surface area contributed by atoms with Crippen LogP contribution in [0.4, 0.5) is 0 Å². The van der Waals surface area contributed by atoms with Crippen LogP contribution >= 0.6 is 0 Å². The number of rotatable bonds is 8. The van der Waals surface area contributed by atoms with E-state index in [1.54, 1.807) is 0 Å². The smallest absolute Gasteiger partial charge is 0.105 e. The van der Waals surface area contributed by atoms with Crippen LogP contribution in [0.2, 0.25) is 0 Å². The first-order chi connectivity index (χ1) is 7.49. The van der Waals surface area contributed by atoms with Gasteiger partial charge in [0.15, 0.2) is 0 Å². The van der Waals surface area contributed by atoms with E-state index in [2.05, 4.69) is 44.1 Å². The summed E-state index contributed by atoms with van der Waals surface area (Å²) in [6.07, 6.45) is 3.10. The Balaban J connectivity index is 4.25. The van der Waals surface area contributed by atoms with Gasteiger partial charge < -0.3 is 4.90 Å². The molecule has 0 bridgehead atoms. The Kier molecular flexibility index (Phi) is 7.36. The van der Waals surface area contributed by atoms with E-state index in [4.69, 9.17) is 0 Å². The van der Waals surface area contributed by atoms with Crippen LogP contribution in [0, 0.1) is 11.3 Å². The quantitative estimate of drug-likeness (QED) is 0.689. The predicted molar refractivity (Wildman–Crippen MR) is 69.3 cm³/mol. The van der Waals surface area contributed by atoms with Gasteiger partial charge in [0.1, 0.15) is 5.54 Å². The zero-order chi connectivity index (χ0) is 12.6. The minimum atomic E-state index is -0.391. The molecule has 94 valence electrons. The first-order valence-electron chi connectivity index (χ1n) is 6.35. The second-order valence-corrected chi connectivity index (χ2v) is 4.90. The van der Waals surface area contributed by atoms with Gasteiger partial charge in [-0.15, -0.1) is 0 Å². The lowest BCUT2D eigenvalue weighted by Gasteiger charge is -2.31. The van der Waals surface area contributed by atoms with E-state index >= 15 is 0 Å². The topological polar surface area (TPSA) is 39.1 Å². The summed E-state index contributed by atoms with van der Waals surface area (Å²) in [5.74, 6) is 0. The molecule has 0 aliphatic rings. The van der Waals surface area contributed by atoms with Crippen molar-refractivity contribution in [2.24, 2.45) is 0 Å². The molecule has 0 saturated heterocycles. The van der Waals surface area contributed by atoms with Crippen molar-refractivity contribution in [3.05, 3.63) is 0 Å². The third kappa shape index (κ3) is 5.48. The van der Waals surface area contributed by atoms with Crippen LogP contribution in [0.25, 0.3) is 0 Å². The minimum Gasteiger partial charge on any atom is -0.304 e. The molecular weight excluding hydrogens is 198 g/mol. The average molecular weight is 225 g/mol. The molecule has 2 unspecified atom stereocenters. The number of nitrogens with zero attached hydrogens (tertiary/aromatic N) is 2. The molecule has 2 atom stereocenters. The molecule has 0 saturated carbocycles. The van der Waals surface area contributed by atoms with Gasteiger partial charge in [-0.2, -0.15) is 5.26 Å². The van der Waals surface area contributed by atoms with Gasteiger partial charge in [0.25, 0.3) is 0 Å². The van der Waals surface area contributed by atoms with Crippen molar-refractivity contribution >= 4 is 0 Å². The summed E-state index contributed by atoms with van der Waals surface area (Å²) >= 11 is 0. The second kappa shape index (κ2) is 7.65. The molecule has 0 amide bonds. The molecule has 0 aliphatic heterocycles. The molecule has 0 aliphatic carbocycles. The zero-order valence-electron chi connectivity index (χ0n) is 11.5. The van der Waals surface area contributed by atoms with Gasteiger partial charge in [-0.05, 0) is 53.2 Å². The number of nitrogens with one attached hydrogen (secondary N) is 1. The van der Waals surface area contributed by atoms with E-state index in [-0.39, 0.29) is 0 Å². The van der Waals surface area contributed by atoms with Crippen molar-refractivity contribution in [2.75, 3.05) is 20.1 Å². The fourth-order valence-corrected chi connectivity index (χ4v) is 1.88. The van der Waals surface area contributed by atoms with Gasteiger partial charge in [0, 0.05) is 6.04 Å². The normalized spacial score (nSPS) is 16.8. The largest absolute Gasteiger partial charge is 0.304 e. The lowest BCUT2D eigenvalue weighted by Crippen LogP contribution is -2.46. The minimum absolute atomic E-state index is 0.391. The fourth-order valence-electron chi connectivity index (χ4n) is 1.88. The van der Waals surface area contributed by atoms with Gasteiger partial charge in [-0.3, -0.25) is 5.32 Å². The van der Waals surface area contributed by atoms with Crippen molar-refractivity contribution in [3.63, 3.8) is 0 Å². The maximum absolute atomic E-state index is 9.24. The van der Waals surface area contributed by atoms with Crippen LogP contribution in [0.5, 0.6) is 0 Å². The van der Waals surface area contributed by atoms with Crippen molar-refractivity contribution in [2.45, 2.75) is 58.5 Å². The van der Waals surface area contributed by atoms with Gasteiger partial charge in [-0.25, -0.2) is 0 Å². The molecule has 0 aromatic rings. The van der Waals surface area contributed by atoms with Crippen LogP contribution in [0.1, 0.15) is 47.0 Å². The van der Waals surface area contributed by atoms with Crippen molar-refractivity contribution < 1.29 is 0 Å². The summed E-state index contributed by atoms with van der Waals surface area (Å²) < 4.78 is 0. The highest BCUT2D eigenvalue weighted by atomic mass is 15.1. The Bertz CT molecular complexity index is 222. The van der Waals surface area contributed by atoms with E-state index < -0.39 is 5.54 Å². The third-order valence-electron chi connectivity index (χ3n) is 3.04. The van der Waals surface area contributed by atoms with Gasteiger partial charge >= 0.3 is 0 Å². The number of nitriles is 1. The SMILES string of the molecule is CCCNC(C)(C#N)CC(C)N(C)CCC. The van der Waals surface area contributed by atoms with Crippen LogP contribution < -0.4 is 5.32 Å². The van der Waals surface area contributed by atoms with E-state index in [1.807, 2.05) is 6.92 Å². The molecule has 0 fully saturated rings. The van der Waals surface area contributed by atoms with Crippen molar-refractivity contribution in [1.29, 1.82) is 5.26 Å². The van der Waals surface area contributed by atoms with E-state index in [9.17, 15) is 5.26 Å². The van der Waals surface area contributed by atoms with Crippen LogP contribution in [0.15, 0.2) is 0 Å². The van der Waals surface area contributed by atoms with E-state index in [0.29, 0.717) is 6.04 Å². The van der Waals surface area contributed by atoms with Gasteiger partial charge in [-0.1, -0.05) is 13.8 Å². The highest BCUT2D eigenvalue weighted by Crippen LogP contribution is 2.15. The fraction of sp³-hybridized carbons (Fsp3) is 0.923. The molecule has 0 spiro atoms. The second-order valence-electron chi connectivity index (χ2n) is 4.90. The highest BCUT2D eigenvalue weighted by molar-refractivity contribution is 5.05. The molecule has 16 heavy (non-hydrogen) atoms. The maximum Gasteiger partial charge on any atom is 0.105 e. The molecule has 3 nitrogen and oxygen atoms in total. The Morgan fingerprint density at radius 1 is 1.38 bits per heavy atom. The van der Waals surface area contributed by atoms with Crippen molar-refractivity contribution in [1.82, 2.24) is 10.2 Å². The zero-order valence-corrected chi connectivity index (χ0v) is 11.5. The Hall–Kier alpha value is -0.590. The monoisotopic (exact) mass is 225 g/mol. The lowest BCUT2D eigenvalue weighted by molar-refractivity contribution is 0.213. The summed E-state index contributed by atoms with van der Waals surface area (Å²) in [6.45, 7) is 10.5. The molecule has 0 rings (SSSR count). The van der Waals surface area contributed by atoms with Crippen LogP contribution in [-0.4, -0.2) is 36.6 Å².